The van der Waals surface area contributed by atoms with Gasteiger partial charge < -0.3 is 0 Å². The van der Waals surface area contributed by atoms with E-state index in [0.717, 1.165) is 0 Å². The van der Waals surface area contributed by atoms with Gasteiger partial charge in [0.25, 0.3) is 0 Å². The van der Waals surface area contributed by atoms with Gasteiger partial charge in [0.05, 0.1) is 0 Å². The van der Waals surface area contributed by atoms with Crippen molar-refractivity contribution in [1.29, 1.82) is 0 Å². The molecule has 1 aliphatic carbocycles. The van der Waals surface area contributed by atoms with E-state index in [-0.39, 0.29) is 0 Å². The highest BCUT2D eigenvalue weighted by Crippen LogP contribution is 2.30. The standard InChI is InChI=1S/C19H18/c1-14(2)16-9-7-15(8-10-16)13-18-12-11-17-5-3-4-6-19(17)18/h3-14H,1-2H3/b18-13-. The molecule has 0 saturated carbocycles. The molecule has 0 heterocycles. The predicted molar refractivity (Wildman–Crippen MR) is 83.9 cm³/mol. The van der Waals surface area contributed by atoms with Crippen LogP contribution in [0, 0.1) is 0 Å². The van der Waals surface area contributed by atoms with E-state index >= 15 is 0 Å². The number of benzene rings is 2. The van der Waals surface area contributed by atoms with Gasteiger partial charge in [-0.2, -0.15) is 0 Å². The van der Waals surface area contributed by atoms with E-state index in [1.165, 1.54) is 27.8 Å². The maximum atomic E-state index is 2.26. The lowest BCUT2D eigenvalue weighted by Crippen LogP contribution is -1.86. The van der Waals surface area contributed by atoms with Crippen molar-refractivity contribution < 1.29 is 0 Å². The van der Waals surface area contributed by atoms with Crippen LogP contribution in [-0.4, -0.2) is 0 Å². The van der Waals surface area contributed by atoms with Gasteiger partial charge in [-0.05, 0) is 39.8 Å². The molecule has 1 aliphatic rings. The van der Waals surface area contributed by atoms with Gasteiger partial charge in [0.1, 0.15) is 0 Å². The molecule has 0 nitrogen and oxygen atoms in total. The summed E-state index contributed by atoms with van der Waals surface area (Å²) in [5.74, 6) is 0.591. The number of hydrogen-bond acceptors (Lipinski definition) is 0. The Balaban J connectivity index is 1.93. The van der Waals surface area contributed by atoms with Crippen LogP contribution in [0.25, 0.3) is 17.7 Å². The normalized spacial score (nSPS) is 15.2. The summed E-state index contributed by atoms with van der Waals surface area (Å²) in [6, 6.07) is 17.4. The monoisotopic (exact) mass is 246 g/mol. The lowest BCUT2D eigenvalue weighted by Gasteiger charge is -2.05. The molecular weight excluding hydrogens is 228 g/mol. The Labute approximate surface area is 115 Å². The number of allylic oxidation sites excluding steroid dienone is 2. The highest BCUT2D eigenvalue weighted by atomic mass is 14.1. The van der Waals surface area contributed by atoms with E-state index < -0.39 is 0 Å². The van der Waals surface area contributed by atoms with Crippen LogP contribution in [0.15, 0.2) is 54.6 Å². The Bertz CT molecular complexity index is 640. The Kier molecular flexibility index (Phi) is 3.08. The van der Waals surface area contributed by atoms with Gasteiger partial charge in [0.15, 0.2) is 0 Å². The van der Waals surface area contributed by atoms with Crippen molar-refractivity contribution >= 4 is 17.7 Å². The smallest absolute Gasteiger partial charge is 0.0111 e. The van der Waals surface area contributed by atoms with E-state index in [1.807, 2.05) is 0 Å². The zero-order valence-electron chi connectivity index (χ0n) is 11.4. The molecule has 0 unspecified atom stereocenters. The molecule has 0 N–H and O–H groups in total. The van der Waals surface area contributed by atoms with Gasteiger partial charge in [-0.25, -0.2) is 0 Å². The lowest BCUT2D eigenvalue weighted by atomic mass is 10.00. The van der Waals surface area contributed by atoms with Crippen molar-refractivity contribution in [3.05, 3.63) is 76.9 Å². The first kappa shape index (κ1) is 12.0. The SMILES string of the molecule is CC(C)c1ccc(/C=C2/C=Cc3ccccc32)cc1. The molecule has 0 heteroatoms. The van der Waals surface area contributed by atoms with E-state index in [1.54, 1.807) is 0 Å². The van der Waals surface area contributed by atoms with Crippen LogP contribution in [0.4, 0.5) is 0 Å². The summed E-state index contributed by atoms with van der Waals surface area (Å²) in [5, 5.41) is 0. The van der Waals surface area contributed by atoms with E-state index in [9.17, 15) is 0 Å². The summed E-state index contributed by atoms with van der Waals surface area (Å²) in [6.45, 7) is 4.45. The zero-order chi connectivity index (χ0) is 13.2. The topological polar surface area (TPSA) is 0 Å². The molecule has 3 rings (SSSR count). The Hall–Kier alpha value is -2.08. The van der Waals surface area contributed by atoms with Crippen molar-refractivity contribution in [3.8, 4) is 0 Å². The largest absolute Gasteiger partial charge is 0.0616 e. The molecular formula is C19H18. The predicted octanol–water partition coefficient (Wildman–Crippen LogP) is 5.38. The number of hydrogen-bond donors (Lipinski definition) is 0. The van der Waals surface area contributed by atoms with Crippen LogP contribution in [0.3, 0.4) is 0 Å². The van der Waals surface area contributed by atoms with Gasteiger partial charge in [-0.1, -0.05) is 74.5 Å². The Morgan fingerprint density at radius 3 is 2.32 bits per heavy atom. The average Bonchev–Trinajstić information content (AvgIpc) is 2.83. The summed E-state index contributed by atoms with van der Waals surface area (Å²) in [5.41, 5.74) is 6.60. The first-order valence-corrected chi connectivity index (χ1v) is 6.83. The quantitative estimate of drug-likeness (QED) is 0.667. The fraction of sp³-hybridized carbons (Fsp3) is 0.158. The Morgan fingerprint density at radius 2 is 1.58 bits per heavy atom. The fourth-order valence-corrected chi connectivity index (χ4v) is 2.46. The van der Waals surface area contributed by atoms with Crippen molar-refractivity contribution in [2.24, 2.45) is 0 Å². The molecule has 0 fully saturated rings. The minimum absolute atomic E-state index is 0.591. The molecule has 0 atom stereocenters. The van der Waals surface area contributed by atoms with Gasteiger partial charge in [0.2, 0.25) is 0 Å². The summed E-state index contributed by atoms with van der Waals surface area (Å²) < 4.78 is 0. The van der Waals surface area contributed by atoms with Crippen LogP contribution in [0.1, 0.15) is 42.0 Å². The third-order valence-corrected chi connectivity index (χ3v) is 3.64. The second-order valence-corrected chi connectivity index (χ2v) is 5.34. The maximum Gasteiger partial charge on any atom is -0.0111 e. The summed E-state index contributed by atoms with van der Waals surface area (Å²) >= 11 is 0. The van der Waals surface area contributed by atoms with Crippen LogP contribution >= 0.6 is 0 Å². The fourth-order valence-electron chi connectivity index (χ4n) is 2.46. The molecule has 0 aliphatic heterocycles. The zero-order valence-corrected chi connectivity index (χ0v) is 11.4. The highest BCUT2D eigenvalue weighted by molar-refractivity contribution is 5.97. The number of rotatable bonds is 2. The van der Waals surface area contributed by atoms with Crippen molar-refractivity contribution in [2.75, 3.05) is 0 Å². The second-order valence-electron chi connectivity index (χ2n) is 5.34. The lowest BCUT2D eigenvalue weighted by molar-refractivity contribution is 0.866. The third kappa shape index (κ3) is 2.39. The number of fused-ring (bicyclic) bond motifs is 1. The van der Waals surface area contributed by atoms with E-state index in [0.29, 0.717) is 5.92 Å². The van der Waals surface area contributed by atoms with Crippen LogP contribution in [0.2, 0.25) is 0 Å². The van der Waals surface area contributed by atoms with Gasteiger partial charge >= 0.3 is 0 Å². The third-order valence-electron chi connectivity index (χ3n) is 3.64. The molecule has 0 radical (unpaired) electrons. The second kappa shape index (κ2) is 4.89. The average molecular weight is 246 g/mol. The molecule has 2 aromatic rings. The maximum absolute atomic E-state index is 2.26. The molecule has 94 valence electrons. The minimum Gasteiger partial charge on any atom is -0.0616 e. The molecule has 19 heavy (non-hydrogen) atoms. The molecule has 0 saturated heterocycles. The summed E-state index contributed by atoms with van der Waals surface area (Å²) in [7, 11) is 0. The minimum atomic E-state index is 0.591. The van der Waals surface area contributed by atoms with Crippen molar-refractivity contribution in [3.63, 3.8) is 0 Å². The Morgan fingerprint density at radius 1 is 0.842 bits per heavy atom. The molecule has 0 bridgehead atoms. The van der Waals surface area contributed by atoms with Gasteiger partial charge in [-0.15, -0.1) is 0 Å². The molecule has 0 amide bonds. The molecule has 2 aromatic carbocycles. The van der Waals surface area contributed by atoms with E-state index in [4.69, 9.17) is 0 Å². The van der Waals surface area contributed by atoms with Crippen molar-refractivity contribution in [1.82, 2.24) is 0 Å². The first-order chi connectivity index (χ1) is 9.24. The van der Waals surface area contributed by atoms with E-state index in [2.05, 4.69) is 80.6 Å². The molecule has 0 spiro atoms. The highest BCUT2D eigenvalue weighted by Gasteiger charge is 2.08. The summed E-state index contributed by atoms with van der Waals surface area (Å²) in [6.07, 6.45) is 6.64. The van der Waals surface area contributed by atoms with Crippen LogP contribution in [-0.2, 0) is 0 Å². The van der Waals surface area contributed by atoms with Crippen molar-refractivity contribution in [2.45, 2.75) is 19.8 Å². The van der Waals surface area contributed by atoms with Gasteiger partial charge in [-0.3, -0.25) is 0 Å². The van der Waals surface area contributed by atoms with Crippen LogP contribution in [0.5, 0.6) is 0 Å². The first-order valence-electron chi connectivity index (χ1n) is 6.83. The molecule has 0 aromatic heterocycles. The van der Waals surface area contributed by atoms with Gasteiger partial charge in [0, 0.05) is 0 Å². The van der Waals surface area contributed by atoms with Crippen LogP contribution < -0.4 is 0 Å². The summed E-state index contributed by atoms with van der Waals surface area (Å²) in [4.78, 5) is 0.